The number of aliphatic hydroxyl groups is 1. The summed E-state index contributed by atoms with van der Waals surface area (Å²) in [4.78, 5) is 12.2. The molecule has 1 amide bonds. The number of fused-ring (bicyclic) bond motifs is 3. The van der Waals surface area contributed by atoms with E-state index in [1.807, 2.05) is 48.5 Å². The second-order valence-electron chi connectivity index (χ2n) is 7.54. The highest BCUT2D eigenvalue weighted by Crippen LogP contribution is 2.44. The highest BCUT2D eigenvalue weighted by atomic mass is 35.5. The maximum absolute atomic E-state index is 13.6. The predicted molar refractivity (Wildman–Crippen MR) is 114 cm³/mol. The van der Waals surface area contributed by atoms with E-state index in [-0.39, 0.29) is 17.5 Å². The summed E-state index contributed by atoms with van der Waals surface area (Å²) >= 11 is 5.73. The van der Waals surface area contributed by atoms with Crippen LogP contribution < -0.4 is 5.32 Å². The summed E-state index contributed by atoms with van der Waals surface area (Å²) in [5.41, 5.74) is 0.304. The van der Waals surface area contributed by atoms with Gasteiger partial charge in [-0.1, -0.05) is 72.3 Å². The van der Waals surface area contributed by atoms with Gasteiger partial charge in [0.25, 0.3) is 0 Å². The molecule has 0 spiro atoms. The van der Waals surface area contributed by atoms with Crippen LogP contribution in [0.2, 0.25) is 5.02 Å². The summed E-state index contributed by atoms with van der Waals surface area (Å²) in [6.45, 7) is -1.15. The molecule has 166 valence electrons. The molecule has 4 nitrogen and oxygen atoms in total. The second kappa shape index (κ2) is 8.48. The van der Waals surface area contributed by atoms with Gasteiger partial charge in [0.15, 0.2) is 0 Å². The van der Waals surface area contributed by atoms with Gasteiger partial charge in [0.05, 0.1) is 6.54 Å². The van der Waals surface area contributed by atoms with Crippen LogP contribution in [-0.2, 0) is 10.3 Å². The van der Waals surface area contributed by atoms with Crippen LogP contribution in [-0.4, -0.2) is 30.5 Å². The maximum Gasteiger partial charge on any atom is 0.423 e. The lowest BCUT2D eigenvalue weighted by atomic mass is 9.93. The van der Waals surface area contributed by atoms with Gasteiger partial charge in [-0.25, -0.2) is 4.79 Å². The molecule has 1 aliphatic rings. The summed E-state index contributed by atoms with van der Waals surface area (Å²) in [6, 6.07) is 20.0. The molecule has 2 N–H and O–H groups in total. The fraction of sp³-hybridized carbons (Fsp3) is 0.208. The third-order valence-electron chi connectivity index (χ3n) is 5.62. The molecule has 32 heavy (non-hydrogen) atoms. The highest BCUT2D eigenvalue weighted by Gasteiger charge is 2.55. The number of nitrogens with one attached hydrogen (secondary N) is 1. The van der Waals surface area contributed by atoms with Crippen molar-refractivity contribution in [1.82, 2.24) is 5.32 Å². The van der Waals surface area contributed by atoms with Gasteiger partial charge < -0.3 is 15.2 Å². The van der Waals surface area contributed by atoms with Crippen molar-refractivity contribution in [3.8, 4) is 11.1 Å². The Kier molecular flexibility index (Phi) is 5.88. The molecule has 0 saturated carbocycles. The smallest absolute Gasteiger partial charge is 0.423 e. The zero-order valence-electron chi connectivity index (χ0n) is 16.7. The average Bonchev–Trinajstić information content (AvgIpc) is 3.09. The lowest BCUT2D eigenvalue weighted by Gasteiger charge is -2.31. The lowest BCUT2D eigenvalue weighted by Crippen LogP contribution is -2.51. The fourth-order valence-electron chi connectivity index (χ4n) is 3.94. The van der Waals surface area contributed by atoms with E-state index in [4.69, 9.17) is 16.3 Å². The first-order valence-electron chi connectivity index (χ1n) is 9.85. The number of alkyl carbamates (subject to hydrolysis) is 1. The van der Waals surface area contributed by atoms with Gasteiger partial charge in [-0.15, -0.1) is 0 Å². The van der Waals surface area contributed by atoms with E-state index >= 15 is 0 Å². The van der Waals surface area contributed by atoms with Gasteiger partial charge in [0, 0.05) is 10.9 Å². The molecular formula is C24H19ClF3NO3. The predicted octanol–water partition coefficient (Wildman–Crippen LogP) is 5.63. The minimum atomic E-state index is -5.03. The minimum Gasteiger partial charge on any atom is -0.449 e. The number of halogens is 4. The summed E-state index contributed by atoms with van der Waals surface area (Å²) < 4.78 is 46.1. The lowest BCUT2D eigenvalue weighted by molar-refractivity contribution is -0.263. The Morgan fingerprint density at radius 3 is 2.00 bits per heavy atom. The molecule has 0 heterocycles. The molecular weight excluding hydrogens is 443 g/mol. The van der Waals surface area contributed by atoms with E-state index in [2.05, 4.69) is 5.32 Å². The second-order valence-corrected chi connectivity index (χ2v) is 7.98. The van der Waals surface area contributed by atoms with Crippen molar-refractivity contribution < 1.29 is 27.8 Å². The molecule has 3 aromatic rings. The van der Waals surface area contributed by atoms with E-state index in [0.717, 1.165) is 34.4 Å². The van der Waals surface area contributed by atoms with Crippen LogP contribution in [0.5, 0.6) is 0 Å². The Balaban J connectivity index is 1.46. The zero-order valence-corrected chi connectivity index (χ0v) is 17.5. The molecule has 0 aliphatic heterocycles. The molecule has 0 aromatic heterocycles. The molecule has 1 atom stereocenters. The molecule has 0 bridgehead atoms. The Hall–Kier alpha value is -3.03. The summed E-state index contributed by atoms with van der Waals surface area (Å²) in [5, 5.41) is 12.6. The maximum atomic E-state index is 13.6. The van der Waals surface area contributed by atoms with Crippen molar-refractivity contribution in [1.29, 1.82) is 0 Å². The monoisotopic (exact) mass is 461 g/mol. The van der Waals surface area contributed by atoms with E-state index in [1.54, 1.807) is 0 Å². The normalized spacial score (nSPS) is 14.9. The Bertz CT molecular complexity index is 1090. The van der Waals surface area contributed by atoms with Crippen LogP contribution >= 0.6 is 11.6 Å². The Morgan fingerprint density at radius 2 is 1.47 bits per heavy atom. The van der Waals surface area contributed by atoms with Crippen molar-refractivity contribution in [2.75, 3.05) is 13.2 Å². The SMILES string of the molecule is O=C(NCC(O)(c1ccc(Cl)cc1)C(F)(F)F)OCC1c2ccccc2-c2ccccc21. The number of carbonyl (C=O) groups excluding carboxylic acids is 1. The van der Waals surface area contributed by atoms with Gasteiger partial charge >= 0.3 is 12.3 Å². The molecule has 1 aliphatic carbocycles. The quantitative estimate of drug-likeness (QED) is 0.518. The topological polar surface area (TPSA) is 58.6 Å². The number of ether oxygens (including phenoxy) is 1. The van der Waals surface area contributed by atoms with Gasteiger partial charge in [-0.2, -0.15) is 13.2 Å². The van der Waals surface area contributed by atoms with Crippen LogP contribution in [0.3, 0.4) is 0 Å². The zero-order chi connectivity index (χ0) is 22.9. The molecule has 0 fully saturated rings. The van der Waals surface area contributed by atoms with Crippen molar-refractivity contribution >= 4 is 17.7 Å². The van der Waals surface area contributed by atoms with Gasteiger partial charge in [0.1, 0.15) is 6.61 Å². The van der Waals surface area contributed by atoms with Crippen LogP contribution in [0.15, 0.2) is 72.8 Å². The van der Waals surface area contributed by atoms with Gasteiger partial charge in [-0.05, 0) is 39.9 Å². The van der Waals surface area contributed by atoms with Gasteiger partial charge in [-0.3, -0.25) is 0 Å². The van der Waals surface area contributed by atoms with Crippen molar-refractivity contribution in [2.45, 2.75) is 17.7 Å². The molecule has 4 rings (SSSR count). The molecule has 0 saturated heterocycles. The number of hydrogen-bond donors (Lipinski definition) is 2. The number of benzene rings is 3. The van der Waals surface area contributed by atoms with Crippen LogP contribution in [0.1, 0.15) is 22.6 Å². The summed E-state index contributed by atoms with van der Waals surface area (Å²) in [6.07, 6.45) is -6.08. The van der Waals surface area contributed by atoms with E-state index in [1.165, 1.54) is 12.1 Å². The van der Waals surface area contributed by atoms with Gasteiger partial charge in [0.2, 0.25) is 5.60 Å². The summed E-state index contributed by atoms with van der Waals surface area (Å²) in [5.74, 6) is -0.231. The molecule has 1 unspecified atom stereocenters. The standard InChI is InChI=1S/C24H19ClF3NO3/c25-16-11-9-15(10-12-16)23(31,24(26,27)28)14-29-22(30)32-13-21-19-7-3-1-5-17(19)18-6-2-4-8-20(18)21/h1-12,21,31H,13-14H2,(H,29,30). The van der Waals surface area contributed by atoms with Crippen molar-refractivity contribution in [3.63, 3.8) is 0 Å². The fourth-order valence-corrected chi connectivity index (χ4v) is 4.07. The third kappa shape index (κ3) is 4.06. The Morgan fingerprint density at radius 1 is 0.938 bits per heavy atom. The molecule has 0 radical (unpaired) electrons. The number of hydrogen-bond acceptors (Lipinski definition) is 3. The van der Waals surface area contributed by atoms with Crippen molar-refractivity contribution in [3.05, 3.63) is 94.5 Å². The van der Waals surface area contributed by atoms with E-state index in [9.17, 15) is 23.1 Å². The van der Waals surface area contributed by atoms with E-state index < -0.39 is 30.0 Å². The van der Waals surface area contributed by atoms with Crippen molar-refractivity contribution in [2.24, 2.45) is 0 Å². The van der Waals surface area contributed by atoms with Crippen LogP contribution in [0, 0.1) is 0 Å². The largest absolute Gasteiger partial charge is 0.449 e. The van der Waals surface area contributed by atoms with E-state index in [0.29, 0.717) is 0 Å². The molecule has 8 heteroatoms. The minimum absolute atomic E-state index is 0.0503. The summed E-state index contributed by atoms with van der Waals surface area (Å²) in [7, 11) is 0. The Labute approximate surface area is 187 Å². The first-order chi connectivity index (χ1) is 15.2. The number of rotatable bonds is 5. The first-order valence-corrected chi connectivity index (χ1v) is 10.2. The number of carbonyl (C=O) groups is 1. The van der Waals surface area contributed by atoms with Crippen LogP contribution in [0.4, 0.5) is 18.0 Å². The average molecular weight is 462 g/mol. The third-order valence-corrected chi connectivity index (χ3v) is 5.87. The highest BCUT2D eigenvalue weighted by molar-refractivity contribution is 6.30. The molecule has 3 aromatic carbocycles. The number of alkyl halides is 3. The number of amides is 1. The van der Waals surface area contributed by atoms with Crippen LogP contribution in [0.25, 0.3) is 11.1 Å². The first kappa shape index (κ1) is 22.2.